The Bertz CT molecular complexity index is 471. The fourth-order valence-corrected chi connectivity index (χ4v) is 3.18. The number of likely N-dealkylation sites (tertiary alicyclic amines) is 1. The van der Waals surface area contributed by atoms with Crippen molar-refractivity contribution in [2.75, 3.05) is 27.3 Å². The molecule has 2 rings (SSSR count). The number of rotatable bonds is 5. The van der Waals surface area contributed by atoms with E-state index in [1.165, 1.54) is 0 Å². The van der Waals surface area contributed by atoms with Gasteiger partial charge in [-0.1, -0.05) is 17.7 Å². The number of halogens is 1. The maximum Gasteiger partial charge on any atom is 0.179 e. The van der Waals surface area contributed by atoms with Gasteiger partial charge in [-0.15, -0.1) is 0 Å². The van der Waals surface area contributed by atoms with E-state index in [0.717, 1.165) is 38.0 Å². The van der Waals surface area contributed by atoms with Crippen molar-refractivity contribution in [2.24, 2.45) is 5.92 Å². The van der Waals surface area contributed by atoms with Crippen LogP contribution in [-0.2, 0) is 6.54 Å². The third-order valence-electron chi connectivity index (χ3n) is 4.27. The zero-order chi connectivity index (χ0) is 15.4. The van der Waals surface area contributed by atoms with E-state index in [1.807, 2.05) is 19.1 Å². The first-order chi connectivity index (χ1) is 10.1. The Morgan fingerprint density at radius 3 is 2.48 bits per heavy atom. The number of piperidine rings is 1. The zero-order valence-corrected chi connectivity index (χ0v) is 13.7. The molecule has 1 atom stereocenters. The van der Waals surface area contributed by atoms with Crippen LogP contribution in [-0.4, -0.2) is 43.4 Å². The van der Waals surface area contributed by atoms with Gasteiger partial charge >= 0.3 is 0 Å². The molecule has 0 aliphatic carbocycles. The molecular weight excluding hydrogens is 290 g/mol. The number of ether oxygens (including phenoxy) is 2. The van der Waals surface area contributed by atoms with Crippen molar-refractivity contribution in [3.8, 4) is 11.5 Å². The Balaban J connectivity index is 2.04. The molecule has 1 saturated heterocycles. The van der Waals surface area contributed by atoms with Gasteiger partial charge in [0.15, 0.2) is 11.5 Å². The molecule has 1 aromatic carbocycles. The van der Waals surface area contributed by atoms with Crippen molar-refractivity contribution in [2.45, 2.75) is 32.4 Å². The minimum atomic E-state index is -0.211. The lowest BCUT2D eigenvalue weighted by molar-refractivity contribution is 0.0695. The predicted molar refractivity (Wildman–Crippen MR) is 84.2 cm³/mol. The summed E-state index contributed by atoms with van der Waals surface area (Å²) < 4.78 is 10.6. The molecule has 4 nitrogen and oxygen atoms in total. The van der Waals surface area contributed by atoms with Gasteiger partial charge in [0.1, 0.15) is 0 Å². The highest BCUT2D eigenvalue weighted by molar-refractivity contribution is 6.33. The minimum Gasteiger partial charge on any atom is -0.493 e. The molecule has 0 bridgehead atoms. The fourth-order valence-electron chi connectivity index (χ4n) is 2.89. The number of hydrogen-bond acceptors (Lipinski definition) is 4. The van der Waals surface area contributed by atoms with Crippen molar-refractivity contribution < 1.29 is 14.6 Å². The van der Waals surface area contributed by atoms with Crippen LogP contribution in [0.3, 0.4) is 0 Å². The highest BCUT2D eigenvalue weighted by Gasteiger charge is 2.23. The SMILES string of the molecule is COc1ccc(CN2CCC([C@@H](C)O)CC2)c(Cl)c1OC. The highest BCUT2D eigenvalue weighted by Crippen LogP contribution is 2.38. The van der Waals surface area contributed by atoms with E-state index in [1.54, 1.807) is 14.2 Å². The van der Waals surface area contributed by atoms with E-state index in [-0.39, 0.29) is 6.10 Å². The molecule has 5 heteroatoms. The van der Waals surface area contributed by atoms with Gasteiger partial charge in [-0.05, 0) is 50.4 Å². The normalized spacial score (nSPS) is 18.5. The van der Waals surface area contributed by atoms with Crippen LogP contribution in [0.15, 0.2) is 12.1 Å². The van der Waals surface area contributed by atoms with E-state index >= 15 is 0 Å². The quantitative estimate of drug-likeness (QED) is 0.907. The van der Waals surface area contributed by atoms with E-state index < -0.39 is 0 Å². The second-order valence-electron chi connectivity index (χ2n) is 5.63. The smallest absolute Gasteiger partial charge is 0.179 e. The minimum absolute atomic E-state index is 0.211. The topological polar surface area (TPSA) is 41.9 Å². The molecular formula is C16H24ClNO3. The van der Waals surface area contributed by atoms with Gasteiger partial charge in [-0.3, -0.25) is 4.90 Å². The lowest BCUT2D eigenvalue weighted by Gasteiger charge is -2.33. The molecule has 21 heavy (non-hydrogen) atoms. The van der Waals surface area contributed by atoms with E-state index in [4.69, 9.17) is 21.1 Å². The molecule has 0 saturated carbocycles. The number of aliphatic hydroxyl groups is 1. The lowest BCUT2D eigenvalue weighted by atomic mass is 9.92. The van der Waals surface area contributed by atoms with Gasteiger partial charge in [0.2, 0.25) is 0 Å². The van der Waals surface area contributed by atoms with Crippen molar-refractivity contribution in [3.05, 3.63) is 22.7 Å². The standard InChI is InChI=1S/C16H24ClNO3/c1-11(19)12-6-8-18(9-7-12)10-13-4-5-14(20-2)16(21-3)15(13)17/h4-5,11-12,19H,6-10H2,1-3H3/t11-/m1/s1. The van der Waals surface area contributed by atoms with Crippen LogP contribution < -0.4 is 9.47 Å². The van der Waals surface area contributed by atoms with E-state index in [2.05, 4.69) is 4.90 Å². The Kier molecular flexibility index (Phi) is 5.73. The molecule has 0 radical (unpaired) electrons. The summed E-state index contributed by atoms with van der Waals surface area (Å²) in [5.41, 5.74) is 1.05. The first-order valence-corrected chi connectivity index (χ1v) is 7.74. The molecule has 0 aromatic heterocycles. The van der Waals surface area contributed by atoms with Crippen LogP contribution in [0.25, 0.3) is 0 Å². The van der Waals surface area contributed by atoms with Crippen LogP contribution in [0.1, 0.15) is 25.3 Å². The van der Waals surface area contributed by atoms with Gasteiger partial charge in [0, 0.05) is 6.54 Å². The molecule has 118 valence electrons. The molecule has 1 aliphatic rings. The number of benzene rings is 1. The Hall–Kier alpha value is -0.970. The van der Waals surface area contributed by atoms with E-state index in [9.17, 15) is 5.11 Å². The van der Waals surface area contributed by atoms with E-state index in [0.29, 0.717) is 22.4 Å². The number of hydrogen-bond donors (Lipinski definition) is 1. The second-order valence-corrected chi connectivity index (χ2v) is 6.01. The Morgan fingerprint density at radius 2 is 1.95 bits per heavy atom. The largest absolute Gasteiger partial charge is 0.493 e. The maximum atomic E-state index is 9.65. The number of methoxy groups -OCH3 is 2. The molecule has 1 N–H and O–H groups in total. The first-order valence-electron chi connectivity index (χ1n) is 7.36. The predicted octanol–water partition coefficient (Wildman–Crippen LogP) is 2.95. The summed E-state index contributed by atoms with van der Waals surface area (Å²) in [6.45, 7) is 4.65. The molecule has 0 unspecified atom stereocenters. The summed E-state index contributed by atoms with van der Waals surface area (Å²) in [6.07, 6.45) is 1.85. The molecule has 0 amide bonds. The van der Waals surface area contributed by atoms with Crippen LogP contribution in [0.4, 0.5) is 0 Å². The van der Waals surface area contributed by atoms with Crippen LogP contribution in [0.5, 0.6) is 11.5 Å². The summed E-state index contributed by atoms with van der Waals surface area (Å²) >= 11 is 6.42. The van der Waals surface area contributed by atoms with Gasteiger partial charge < -0.3 is 14.6 Å². The zero-order valence-electron chi connectivity index (χ0n) is 12.9. The van der Waals surface area contributed by atoms with Crippen LogP contribution >= 0.6 is 11.6 Å². The summed E-state index contributed by atoms with van der Waals surface area (Å²) in [7, 11) is 3.20. The summed E-state index contributed by atoms with van der Waals surface area (Å²) in [6, 6.07) is 3.88. The average Bonchev–Trinajstić information content (AvgIpc) is 2.49. The van der Waals surface area contributed by atoms with Crippen LogP contribution in [0, 0.1) is 5.92 Å². The Labute approximate surface area is 131 Å². The molecule has 0 spiro atoms. The molecule has 1 aromatic rings. The third-order valence-corrected chi connectivity index (χ3v) is 4.69. The summed E-state index contributed by atoms with van der Waals surface area (Å²) in [4.78, 5) is 2.37. The van der Waals surface area contributed by atoms with Crippen molar-refractivity contribution >= 4 is 11.6 Å². The lowest BCUT2D eigenvalue weighted by Crippen LogP contribution is -2.36. The van der Waals surface area contributed by atoms with Crippen molar-refractivity contribution in [1.82, 2.24) is 4.90 Å². The third kappa shape index (κ3) is 3.82. The molecule has 1 fully saturated rings. The average molecular weight is 314 g/mol. The van der Waals surface area contributed by atoms with Gasteiger partial charge in [-0.2, -0.15) is 0 Å². The fraction of sp³-hybridized carbons (Fsp3) is 0.625. The Morgan fingerprint density at radius 1 is 1.29 bits per heavy atom. The molecule has 1 aliphatic heterocycles. The van der Waals surface area contributed by atoms with Gasteiger partial charge in [0.25, 0.3) is 0 Å². The van der Waals surface area contributed by atoms with Crippen molar-refractivity contribution in [3.63, 3.8) is 0 Å². The second kappa shape index (κ2) is 7.34. The monoisotopic (exact) mass is 313 g/mol. The maximum absolute atomic E-state index is 9.65. The first kappa shape index (κ1) is 16.4. The molecule has 1 heterocycles. The highest BCUT2D eigenvalue weighted by atomic mass is 35.5. The summed E-state index contributed by atoms with van der Waals surface area (Å²) in [5, 5.41) is 10.3. The van der Waals surface area contributed by atoms with Gasteiger partial charge in [0.05, 0.1) is 25.3 Å². The van der Waals surface area contributed by atoms with Gasteiger partial charge in [-0.25, -0.2) is 0 Å². The van der Waals surface area contributed by atoms with Crippen LogP contribution in [0.2, 0.25) is 5.02 Å². The number of aliphatic hydroxyl groups excluding tert-OH is 1. The summed E-state index contributed by atoms with van der Waals surface area (Å²) in [5.74, 6) is 1.66. The van der Waals surface area contributed by atoms with Crippen molar-refractivity contribution in [1.29, 1.82) is 0 Å². The number of nitrogens with zero attached hydrogens (tertiary/aromatic N) is 1.